The van der Waals surface area contributed by atoms with Crippen molar-refractivity contribution in [2.45, 2.75) is 50.1 Å². The first kappa shape index (κ1) is 6.93. The molecule has 23 heavy (non-hydrogen) atoms. The number of aryl methyl sites for hydroxylation is 1. The summed E-state index contributed by atoms with van der Waals surface area (Å²) in [6.07, 6.45) is -2.75. The summed E-state index contributed by atoms with van der Waals surface area (Å²) >= 11 is 0. The van der Waals surface area contributed by atoms with Crippen LogP contribution in [0.1, 0.15) is 57.6 Å². The molecule has 2 atom stereocenters. The summed E-state index contributed by atoms with van der Waals surface area (Å²) < 4.78 is 90.2. The van der Waals surface area contributed by atoms with Crippen molar-refractivity contribution in [2.24, 2.45) is 6.98 Å². The lowest BCUT2D eigenvalue weighted by molar-refractivity contribution is 0.0462. The van der Waals surface area contributed by atoms with E-state index in [2.05, 4.69) is 10.4 Å². The second kappa shape index (κ2) is 5.64. The highest BCUT2D eigenvalue weighted by Crippen LogP contribution is 2.32. The fourth-order valence-electron chi connectivity index (χ4n) is 3.24. The van der Waals surface area contributed by atoms with Gasteiger partial charge in [0.2, 0.25) is 0 Å². The Bertz CT molecular complexity index is 1150. The van der Waals surface area contributed by atoms with Gasteiger partial charge in [-0.05, 0) is 38.7 Å². The molecule has 2 unspecified atom stereocenters. The monoisotopic (exact) mass is 323 g/mol. The van der Waals surface area contributed by atoms with Gasteiger partial charge >= 0.3 is 0 Å². The van der Waals surface area contributed by atoms with Crippen molar-refractivity contribution >= 4 is 16.8 Å². The molecule has 2 fully saturated rings. The van der Waals surface area contributed by atoms with Gasteiger partial charge in [-0.2, -0.15) is 5.10 Å². The third-order valence-corrected chi connectivity index (χ3v) is 4.46. The van der Waals surface area contributed by atoms with E-state index in [0.29, 0.717) is 23.9 Å². The normalized spacial score (nSPS) is 39.9. The van der Waals surface area contributed by atoms with Crippen LogP contribution in [-0.2, 0) is 6.98 Å². The van der Waals surface area contributed by atoms with Crippen LogP contribution < -0.4 is 5.32 Å². The third kappa shape index (κ3) is 2.53. The van der Waals surface area contributed by atoms with Gasteiger partial charge in [0.05, 0.1) is 11.0 Å². The lowest BCUT2D eigenvalue weighted by Crippen LogP contribution is -2.55. The molecular weight excluding hydrogens is 288 g/mol. The van der Waals surface area contributed by atoms with Crippen LogP contribution in [0.15, 0.2) is 24.2 Å². The summed E-state index contributed by atoms with van der Waals surface area (Å²) in [6, 6.07) is -5.60. The summed E-state index contributed by atoms with van der Waals surface area (Å²) in [6.45, 7) is -2.97. The maximum absolute atomic E-state index is 13.3. The molecule has 122 valence electrons. The molecule has 0 saturated carbocycles. The SMILES string of the molecule is [2H]c1c([2H])c([2H])c2c(c(C(=O)NC3C([2H])([2H])C4CCCC(N4C)C3([2H])[2H])nn2C([2H])([2H])[2H])c1[2H]. The lowest BCUT2D eigenvalue weighted by atomic mass is 9.82. The van der Waals surface area contributed by atoms with E-state index in [1.165, 1.54) is 0 Å². The van der Waals surface area contributed by atoms with Crippen molar-refractivity contribution in [3.8, 4) is 0 Å². The van der Waals surface area contributed by atoms with E-state index in [4.69, 9.17) is 15.1 Å². The third-order valence-electron chi connectivity index (χ3n) is 4.46. The van der Waals surface area contributed by atoms with Gasteiger partial charge < -0.3 is 10.2 Å². The highest BCUT2D eigenvalue weighted by Gasteiger charge is 2.36. The van der Waals surface area contributed by atoms with Gasteiger partial charge in [0.1, 0.15) is 0 Å². The number of carbonyl (C=O) groups is 1. The fraction of sp³-hybridized carbons (Fsp3) is 0.556. The van der Waals surface area contributed by atoms with Crippen LogP contribution >= 0.6 is 0 Å². The fourth-order valence-corrected chi connectivity index (χ4v) is 3.24. The van der Waals surface area contributed by atoms with Crippen LogP contribution in [-0.4, -0.2) is 45.8 Å². The molecular formula is C18H24N4O. The Balaban J connectivity index is 1.86. The predicted octanol–water partition coefficient (Wildman–Crippen LogP) is 2.32. The van der Waals surface area contributed by atoms with Crippen LogP contribution in [0.25, 0.3) is 10.9 Å². The van der Waals surface area contributed by atoms with Gasteiger partial charge in [-0.25, -0.2) is 0 Å². The smallest absolute Gasteiger partial charge is 0.272 e. The minimum Gasteiger partial charge on any atom is -0.348 e. The molecule has 2 aromatic rings. The van der Waals surface area contributed by atoms with E-state index in [1.54, 1.807) is 11.9 Å². The molecule has 1 aromatic heterocycles. The van der Waals surface area contributed by atoms with E-state index >= 15 is 0 Å². The first-order chi connectivity index (χ1) is 15.5. The van der Waals surface area contributed by atoms with E-state index in [1.807, 2.05) is 0 Å². The van der Waals surface area contributed by atoms with Crippen LogP contribution in [0.3, 0.4) is 0 Å². The lowest BCUT2D eigenvalue weighted by Gasteiger charge is -2.47. The van der Waals surface area contributed by atoms with E-state index < -0.39 is 84.5 Å². The molecule has 0 radical (unpaired) electrons. The maximum atomic E-state index is 13.3. The van der Waals surface area contributed by atoms with Gasteiger partial charge in [-0.1, -0.05) is 24.5 Å². The molecule has 2 aliphatic rings. The van der Waals surface area contributed by atoms with Crippen LogP contribution in [0, 0.1) is 0 Å². The first-order valence-electron chi connectivity index (χ1n) is 13.0. The summed E-state index contributed by atoms with van der Waals surface area (Å²) in [4.78, 5) is 15.0. The molecule has 1 N–H and O–H groups in total. The Kier molecular flexibility index (Phi) is 1.70. The molecule has 5 nitrogen and oxygen atoms in total. The van der Waals surface area contributed by atoms with Crippen molar-refractivity contribution in [2.75, 3.05) is 7.05 Å². The zero-order valence-corrected chi connectivity index (χ0v) is 12.6. The Morgan fingerprint density at radius 3 is 2.87 bits per heavy atom. The van der Waals surface area contributed by atoms with E-state index in [0.717, 1.165) is 0 Å². The number of piperidine rings is 2. The molecule has 2 saturated heterocycles. The predicted molar refractivity (Wildman–Crippen MR) is 90.4 cm³/mol. The van der Waals surface area contributed by atoms with Crippen molar-refractivity contribution in [1.29, 1.82) is 0 Å². The number of amides is 1. The number of nitrogens with zero attached hydrogens (tertiary/aromatic N) is 3. The number of nitrogens with one attached hydrogen (secondary N) is 1. The van der Waals surface area contributed by atoms with Crippen molar-refractivity contribution in [3.05, 3.63) is 29.9 Å². The molecule has 0 aliphatic carbocycles. The standard InChI is InChI=1S/C18H24N4O/c1-21-13-6-5-7-14(21)11-12(10-13)19-18(23)17-15-8-3-4-9-16(15)22(2)20-17/h3-4,8-9,12-14H,5-7,10-11H2,1-2H3,(H,19,23)/i2D3,3D,4D,8D,9D,10D2,11D2. The molecule has 4 rings (SSSR count). The Labute approximate surface area is 152 Å². The van der Waals surface area contributed by atoms with Gasteiger partial charge in [0.25, 0.3) is 5.91 Å². The number of hydrogen-bond acceptors (Lipinski definition) is 3. The number of benzene rings is 1. The summed E-state index contributed by atoms with van der Waals surface area (Å²) in [5.41, 5.74) is -1.11. The highest BCUT2D eigenvalue weighted by atomic mass is 16.2. The number of rotatable bonds is 2. The summed E-state index contributed by atoms with van der Waals surface area (Å²) in [7, 11) is 1.66. The quantitative estimate of drug-likeness (QED) is 0.923. The van der Waals surface area contributed by atoms with E-state index in [9.17, 15) is 4.79 Å². The average Bonchev–Trinajstić information content (AvgIpc) is 3.14. The zero-order valence-electron chi connectivity index (χ0n) is 23.6. The Hall–Kier alpha value is -1.88. The molecule has 1 amide bonds. The highest BCUT2D eigenvalue weighted by molar-refractivity contribution is 6.04. The molecule has 0 spiro atoms. The average molecular weight is 323 g/mol. The van der Waals surface area contributed by atoms with Gasteiger partial charge in [0, 0.05) is 40.1 Å². The number of hydrogen-bond donors (Lipinski definition) is 1. The zero-order chi connectivity index (χ0) is 25.5. The number of para-hydroxylation sites is 1. The van der Waals surface area contributed by atoms with Crippen LogP contribution in [0.2, 0.25) is 0 Å². The molecule has 3 heterocycles. The second-order valence-electron chi connectivity index (χ2n) is 5.85. The number of fused-ring (bicyclic) bond motifs is 3. The topological polar surface area (TPSA) is 50.2 Å². The molecule has 2 aliphatic heterocycles. The first-order valence-corrected chi connectivity index (χ1v) is 7.55. The largest absolute Gasteiger partial charge is 0.348 e. The van der Waals surface area contributed by atoms with Crippen molar-refractivity contribution in [3.63, 3.8) is 0 Å². The summed E-state index contributed by atoms with van der Waals surface area (Å²) in [5, 5.41) is 5.75. The summed E-state index contributed by atoms with van der Waals surface area (Å²) in [5.74, 6) is -1.11. The number of carbonyl (C=O) groups excluding carboxylic acids is 1. The van der Waals surface area contributed by atoms with Crippen LogP contribution in [0.4, 0.5) is 0 Å². The number of aromatic nitrogens is 2. The Morgan fingerprint density at radius 2 is 2.13 bits per heavy atom. The van der Waals surface area contributed by atoms with Crippen LogP contribution in [0.5, 0.6) is 0 Å². The van der Waals surface area contributed by atoms with Gasteiger partial charge in [-0.15, -0.1) is 0 Å². The van der Waals surface area contributed by atoms with E-state index in [-0.39, 0.29) is 0 Å². The van der Waals surface area contributed by atoms with Crippen molar-refractivity contribution in [1.82, 2.24) is 20.0 Å². The molecule has 5 heteroatoms. The van der Waals surface area contributed by atoms with Crippen molar-refractivity contribution < 1.29 is 19.9 Å². The second-order valence-corrected chi connectivity index (χ2v) is 5.85. The van der Waals surface area contributed by atoms with Gasteiger partial charge in [0.15, 0.2) is 5.69 Å². The minimum absolute atomic E-state index is 0.377. The molecule has 1 aromatic carbocycles. The minimum atomic E-state index is -2.97. The Morgan fingerprint density at radius 1 is 1.39 bits per heavy atom. The van der Waals surface area contributed by atoms with Gasteiger partial charge in [-0.3, -0.25) is 9.48 Å². The maximum Gasteiger partial charge on any atom is 0.272 e. The molecule has 2 bridgehead atoms.